The lowest BCUT2D eigenvalue weighted by Crippen LogP contribution is -2.20. The molecule has 0 fully saturated rings. The lowest BCUT2D eigenvalue weighted by molar-refractivity contribution is 0.687. The number of thiocarbonyl (C=S) groups is 1. The van der Waals surface area contributed by atoms with Gasteiger partial charge in [-0.25, -0.2) is 9.67 Å². The van der Waals surface area contributed by atoms with Crippen LogP contribution < -0.4 is 10.6 Å². The van der Waals surface area contributed by atoms with E-state index in [1.807, 2.05) is 36.4 Å². The molecule has 0 aliphatic carbocycles. The number of nitrogens with zero attached hydrogens (tertiary/aromatic N) is 3. The van der Waals surface area contributed by atoms with Gasteiger partial charge in [0.25, 0.3) is 0 Å². The van der Waals surface area contributed by atoms with Crippen molar-refractivity contribution < 1.29 is 0 Å². The van der Waals surface area contributed by atoms with Crippen molar-refractivity contribution in [2.75, 3.05) is 10.6 Å². The van der Waals surface area contributed by atoms with Crippen LogP contribution in [0.5, 0.6) is 0 Å². The zero-order chi connectivity index (χ0) is 17.8. The smallest absolute Gasteiger partial charge is 0.248 e. The molecule has 0 atom stereocenters. The maximum Gasteiger partial charge on any atom is 0.248 e. The predicted molar refractivity (Wildman–Crippen MR) is 106 cm³/mol. The van der Waals surface area contributed by atoms with Crippen molar-refractivity contribution in [3.05, 3.63) is 70.5 Å². The van der Waals surface area contributed by atoms with Crippen molar-refractivity contribution in [2.45, 2.75) is 20.4 Å². The van der Waals surface area contributed by atoms with E-state index in [0.29, 0.717) is 22.6 Å². The summed E-state index contributed by atoms with van der Waals surface area (Å²) in [5, 5.41) is 11.7. The molecule has 0 bridgehead atoms. The number of hydrogen-bond donors (Lipinski definition) is 2. The van der Waals surface area contributed by atoms with Crippen LogP contribution in [-0.4, -0.2) is 19.9 Å². The fourth-order valence-electron chi connectivity index (χ4n) is 2.52. The Hall–Kier alpha value is -2.44. The van der Waals surface area contributed by atoms with Gasteiger partial charge in [-0.05, 0) is 67.0 Å². The first-order chi connectivity index (χ1) is 12.0. The predicted octanol–water partition coefficient (Wildman–Crippen LogP) is 4.41. The van der Waals surface area contributed by atoms with Gasteiger partial charge in [0.1, 0.15) is 6.33 Å². The van der Waals surface area contributed by atoms with Crippen molar-refractivity contribution in [1.29, 1.82) is 0 Å². The maximum absolute atomic E-state index is 5.90. The van der Waals surface area contributed by atoms with E-state index in [4.69, 9.17) is 23.8 Å². The van der Waals surface area contributed by atoms with Gasteiger partial charge in [-0.2, -0.15) is 0 Å². The summed E-state index contributed by atoms with van der Waals surface area (Å²) in [7, 11) is 0. The van der Waals surface area contributed by atoms with Crippen LogP contribution >= 0.6 is 23.8 Å². The molecule has 3 rings (SSSR count). The molecule has 1 heterocycles. The number of rotatable bonds is 4. The summed E-state index contributed by atoms with van der Waals surface area (Å²) in [4.78, 5) is 4.23. The van der Waals surface area contributed by atoms with E-state index < -0.39 is 0 Å². The number of hydrogen-bond acceptors (Lipinski definition) is 3. The largest absolute Gasteiger partial charge is 0.332 e. The Kier molecular flexibility index (Phi) is 5.31. The molecule has 0 unspecified atom stereocenters. The van der Waals surface area contributed by atoms with Crippen molar-refractivity contribution in [2.24, 2.45) is 0 Å². The van der Waals surface area contributed by atoms with Crippen LogP contribution in [0.3, 0.4) is 0 Å². The van der Waals surface area contributed by atoms with Gasteiger partial charge in [0, 0.05) is 10.7 Å². The fraction of sp³-hybridized carbons (Fsp3) is 0.167. The van der Waals surface area contributed by atoms with Crippen LogP contribution in [-0.2, 0) is 6.54 Å². The molecule has 2 aromatic carbocycles. The second-order valence-electron chi connectivity index (χ2n) is 5.85. The third-order valence-electron chi connectivity index (χ3n) is 3.50. The van der Waals surface area contributed by atoms with E-state index in [-0.39, 0.29) is 0 Å². The number of benzene rings is 2. The van der Waals surface area contributed by atoms with E-state index in [2.05, 4.69) is 40.6 Å². The van der Waals surface area contributed by atoms with Crippen LogP contribution in [0.1, 0.15) is 16.7 Å². The molecular formula is C18H18ClN5S. The SMILES string of the molecule is Cc1cc(C)cc(NC(=S)Nc2ncn(Cc3ccc(Cl)cc3)n2)c1. The summed E-state index contributed by atoms with van der Waals surface area (Å²) in [5.74, 6) is 0.454. The number of anilines is 2. The van der Waals surface area contributed by atoms with E-state index in [1.54, 1.807) is 11.0 Å². The minimum absolute atomic E-state index is 0.453. The Morgan fingerprint density at radius 1 is 1.08 bits per heavy atom. The maximum atomic E-state index is 5.90. The monoisotopic (exact) mass is 371 g/mol. The second-order valence-corrected chi connectivity index (χ2v) is 6.69. The number of aromatic nitrogens is 3. The molecule has 3 aromatic rings. The van der Waals surface area contributed by atoms with Crippen molar-refractivity contribution in [1.82, 2.24) is 14.8 Å². The van der Waals surface area contributed by atoms with Crippen LogP contribution in [0.2, 0.25) is 5.02 Å². The topological polar surface area (TPSA) is 54.8 Å². The third kappa shape index (κ3) is 5.01. The van der Waals surface area contributed by atoms with Crippen molar-refractivity contribution >= 4 is 40.6 Å². The first kappa shape index (κ1) is 17.4. The summed E-state index contributed by atoms with van der Waals surface area (Å²) >= 11 is 11.2. The highest BCUT2D eigenvalue weighted by Gasteiger charge is 2.05. The molecule has 0 spiro atoms. The van der Waals surface area contributed by atoms with Crippen LogP contribution in [0, 0.1) is 13.8 Å². The number of halogens is 1. The molecule has 0 saturated heterocycles. The molecule has 1 aromatic heterocycles. The highest BCUT2D eigenvalue weighted by atomic mass is 35.5. The Morgan fingerprint density at radius 3 is 2.44 bits per heavy atom. The van der Waals surface area contributed by atoms with Gasteiger partial charge in [0.05, 0.1) is 6.54 Å². The third-order valence-corrected chi connectivity index (χ3v) is 3.96. The van der Waals surface area contributed by atoms with Crippen molar-refractivity contribution in [3.63, 3.8) is 0 Å². The van der Waals surface area contributed by atoms with Gasteiger partial charge >= 0.3 is 0 Å². The zero-order valence-corrected chi connectivity index (χ0v) is 15.5. The average Bonchev–Trinajstić information content (AvgIpc) is 2.95. The molecule has 0 saturated carbocycles. The average molecular weight is 372 g/mol. The molecule has 0 radical (unpaired) electrons. The summed E-state index contributed by atoms with van der Waals surface area (Å²) in [6.45, 7) is 4.71. The lowest BCUT2D eigenvalue weighted by Gasteiger charge is -2.09. The van der Waals surface area contributed by atoms with Crippen LogP contribution in [0.4, 0.5) is 11.6 Å². The molecule has 0 amide bonds. The van der Waals surface area contributed by atoms with Gasteiger partial charge in [-0.15, -0.1) is 5.10 Å². The van der Waals surface area contributed by atoms with E-state index >= 15 is 0 Å². The normalized spacial score (nSPS) is 10.5. The number of nitrogens with one attached hydrogen (secondary N) is 2. The van der Waals surface area contributed by atoms with Gasteiger partial charge in [-0.3, -0.25) is 5.32 Å². The quantitative estimate of drug-likeness (QED) is 0.665. The minimum atomic E-state index is 0.453. The summed E-state index contributed by atoms with van der Waals surface area (Å²) in [6, 6.07) is 13.8. The number of aryl methyl sites for hydroxylation is 2. The summed E-state index contributed by atoms with van der Waals surface area (Å²) in [5.41, 5.74) is 4.39. The second kappa shape index (κ2) is 7.63. The first-order valence-electron chi connectivity index (χ1n) is 7.78. The molecular weight excluding hydrogens is 354 g/mol. The molecule has 7 heteroatoms. The summed E-state index contributed by atoms with van der Waals surface area (Å²) in [6.07, 6.45) is 1.66. The standard InChI is InChI=1S/C18H18ClN5S/c1-12-7-13(2)9-16(8-12)21-18(25)22-17-20-11-24(23-17)10-14-3-5-15(19)6-4-14/h3-9,11H,10H2,1-2H3,(H2,21,22,23,25). The van der Waals surface area contributed by atoms with Gasteiger partial charge < -0.3 is 5.32 Å². The molecule has 0 aliphatic rings. The van der Waals surface area contributed by atoms with Crippen molar-refractivity contribution in [3.8, 4) is 0 Å². The van der Waals surface area contributed by atoms with Gasteiger partial charge in [-0.1, -0.05) is 29.8 Å². The molecule has 0 aliphatic heterocycles. The van der Waals surface area contributed by atoms with Crippen LogP contribution in [0.15, 0.2) is 48.8 Å². The van der Waals surface area contributed by atoms with Gasteiger partial charge in [0.15, 0.2) is 5.11 Å². The van der Waals surface area contributed by atoms with E-state index in [1.165, 1.54) is 11.1 Å². The highest BCUT2D eigenvalue weighted by Crippen LogP contribution is 2.14. The Morgan fingerprint density at radius 2 is 1.76 bits per heavy atom. The molecule has 5 nitrogen and oxygen atoms in total. The fourth-order valence-corrected chi connectivity index (χ4v) is 2.85. The molecule has 25 heavy (non-hydrogen) atoms. The van der Waals surface area contributed by atoms with E-state index in [9.17, 15) is 0 Å². The lowest BCUT2D eigenvalue weighted by atomic mass is 10.1. The minimum Gasteiger partial charge on any atom is -0.332 e. The Bertz CT molecular complexity index is 868. The first-order valence-corrected chi connectivity index (χ1v) is 8.57. The Labute approximate surface area is 157 Å². The summed E-state index contributed by atoms with van der Waals surface area (Å²) < 4.78 is 1.74. The van der Waals surface area contributed by atoms with Gasteiger partial charge in [0.2, 0.25) is 5.95 Å². The van der Waals surface area contributed by atoms with E-state index in [0.717, 1.165) is 11.3 Å². The molecule has 2 N–H and O–H groups in total. The van der Waals surface area contributed by atoms with Crippen LogP contribution in [0.25, 0.3) is 0 Å². The molecule has 128 valence electrons. The highest BCUT2D eigenvalue weighted by molar-refractivity contribution is 7.80. The zero-order valence-electron chi connectivity index (χ0n) is 14.0. The Balaban J connectivity index is 1.60.